The maximum atomic E-state index is 3.45. The SMILES string of the molecule is CN[C@@H]1C[C@@H]2C[C@@H]([C@@H]1C)C2(C)C. The molecule has 0 aromatic rings. The van der Waals surface area contributed by atoms with Crippen molar-refractivity contribution in [1.29, 1.82) is 0 Å². The van der Waals surface area contributed by atoms with Crippen molar-refractivity contribution < 1.29 is 0 Å². The van der Waals surface area contributed by atoms with Gasteiger partial charge in [-0.15, -0.1) is 0 Å². The highest BCUT2D eigenvalue weighted by atomic mass is 14.9. The maximum Gasteiger partial charge on any atom is 0.00953 e. The molecule has 0 radical (unpaired) electrons. The fourth-order valence-corrected chi connectivity index (χ4v) is 3.53. The normalized spacial score (nSPS) is 50.0. The summed E-state index contributed by atoms with van der Waals surface area (Å²) in [6.45, 7) is 7.32. The highest BCUT2D eigenvalue weighted by Gasteiger charge is 2.55. The van der Waals surface area contributed by atoms with Crippen LogP contribution in [0.2, 0.25) is 0 Å². The van der Waals surface area contributed by atoms with Gasteiger partial charge in [0.25, 0.3) is 0 Å². The topological polar surface area (TPSA) is 12.0 Å². The van der Waals surface area contributed by atoms with Crippen molar-refractivity contribution in [3.63, 3.8) is 0 Å². The third-order valence-electron chi connectivity index (χ3n) is 4.72. The van der Waals surface area contributed by atoms with Gasteiger partial charge in [0.15, 0.2) is 0 Å². The molecule has 4 atom stereocenters. The van der Waals surface area contributed by atoms with Gasteiger partial charge in [-0.1, -0.05) is 20.8 Å². The molecule has 0 saturated heterocycles. The number of nitrogens with one attached hydrogen (secondary N) is 1. The summed E-state index contributed by atoms with van der Waals surface area (Å²) in [7, 11) is 2.11. The Morgan fingerprint density at radius 2 is 1.92 bits per heavy atom. The van der Waals surface area contributed by atoms with E-state index in [1.54, 1.807) is 0 Å². The first kappa shape index (κ1) is 8.55. The van der Waals surface area contributed by atoms with Crippen LogP contribution in [0.4, 0.5) is 0 Å². The Morgan fingerprint density at radius 3 is 2.33 bits per heavy atom. The van der Waals surface area contributed by atoms with E-state index >= 15 is 0 Å². The number of hydrogen-bond donors (Lipinski definition) is 1. The van der Waals surface area contributed by atoms with Crippen LogP contribution in [-0.4, -0.2) is 13.1 Å². The minimum Gasteiger partial charge on any atom is -0.317 e. The number of hydrogen-bond acceptors (Lipinski definition) is 1. The zero-order valence-electron chi connectivity index (χ0n) is 8.72. The van der Waals surface area contributed by atoms with Crippen LogP contribution in [-0.2, 0) is 0 Å². The molecule has 2 bridgehead atoms. The second-order valence-electron chi connectivity index (χ2n) is 5.35. The number of rotatable bonds is 1. The molecule has 3 fully saturated rings. The fraction of sp³-hybridized carbons (Fsp3) is 1.00. The van der Waals surface area contributed by atoms with Gasteiger partial charge < -0.3 is 5.32 Å². The molecule has 0 aliphatic heterocycles. The first-order valence-corrected chi connectivity index (χ1v) is 5.24. The summed E-state index contributed by atoms with van der Waals surface area (Å²) < 4.78 is 0. The molecule has 3 saturated carbocycles. The Hall–Kier alpha value is -0.0400. The van der Waals surface area contributed by atoms with E-state index in [1.807, 2.05) is 0 Å². The first-order valence-electron chi connectivity index (χ1n) is 5.24. The molecule has 0 heterocycles. The molecular formula is C11H21N. The Bertz CT molecular complexity index is 185. The van der Waals surface area contributed by atoms with Crippen molar-refractivity contribution in [2.75, 3.05) is 7.05 Å². The van der Waals surface area contributed by atoms with Crippen LogP contribution in [0.15, 0.2) is 0 Å². The molecule has 0 unspecified atom stereocenters. The van der Waals surface area contributed by atoms with Crippen LogP contribution >= 0.6 is 0 Å². The second kappa shape index (κ2) is 2.47. The average Bonchev–Trinajstić information content (AvgIpc) is 2.03. The van der Waals surface area contributed by atoms with E-state index in [-0.39, 0.29) is 0 Å². The van der Waals surface area contributed by atoms with E-state index in [1.165, 1.54) is 12.8 Å². The summed E-state index contributed by atoms with van der Waals surface area (Å²) in [5, 5.41) is 3.45. The summed E-state index contributed by atoms with van der Waals surface area (Å²) >= 11 is 0. The Labute approximate surface area is 75.9 Å². The maximum absolute atomic E-state index is 3.45. The van der Waals surface area contributed by atoms with E-state index in [9.17, 15) is 0 Å². The molecule has 3 rings (SSSR count). The van der Waals surface area contributed by atoms with Crippen molar-refractivity contribution in [3.8, 4) is 0 Å². The van der Waals surface area contributed by atoms with Crippen molar-refractivity contribution in [2.45, 2.75) is 39.7 Å². The fourth-order valence-electron chi connectivity index (χ4n) is 3.53. The van der Waals surface area contributed by atoms with Crippen molar-refractivity contribution in [2.24, 2.45) is 23.2 Å². The third-order valence-corrected chi connectivity index (χ3v) is 4.72. The van der Waals surface area contributed by atoms with E-state index in [2.05, 4.69) is 33.1 Å². The van der Waals surface area contributed by atoms with Crippen LogP contribution in [0.3, 0.4) is 0 Å². The molecule has 0 aromatic carbocycles. The van der Waals surface area contributed by atoms with Crippen LogP contribution in [0, 0.1) is 23.2 Å². The first-order chi connectivity index (χ1) is 5.57. The van der Waals surface area contributed by atoms with Gasteiger partial charge in [-0.2, -0.15) is 0 Å². The molecule has 0 aromatic heterocycles. The number of fused-ring (bicyclic) bond motifs is 2. The van der Waals surface area contributed by atoms with Gasteiger partial charge in [0.05, 0.1) is 0 Å². The molecule has 3 aliphatic rings. The Balaban J connectivity index is 2.11. The van der Waals surface area contributed by atoms with E-state index in [0.717, 1.165) is 23.8 Å². The van der Waals surface area contributed by atoms with Crippen LogP contribution < -0.4 is 5.32 Å². The summed E-state index contributed by atoms with van der Waals surface area (Å²) in [6.07, 6.45) is 2.90. The van der Waals surface area contributed by atoms with Crippen LogP contribution in [0.5, 0.6) is 0 Å². The van der Waals surface area contributed by atoms with Crippen LogP contribution in [0.25, 0.3) is 0 Å². The van der Waals surface area contributed by atoms with Crippen molar-refractivity contribution in [3.05, 3.63) is 0 Å². The second-order valence-corrected chi connectivity index (χ2v) is 5.35. The molecular weight excluding hydrogens is 146 g/mol. The Morgan fingerprint density at radius 1 is 1.25 bits per heavy atom. The highest BCUT2D eigenvalue weighted by Crippen LogP contribution is 2.61. The molecule has 70 valence electrons. The lowest BCUT2D eigenvalue weighted by Gasteiger charge is -2.62. The zero-order chi connectivity index (χ0) is 8.93. The molecule has 1 nitrogen and oxygen atoms in total. The minimum absolute atomic E-state index is 0.646. The van der Waals surface area contributed by atoms with E-state index in [0.29, 0.717) is 5.41 Å². The predicted molar refractivity (Wildman–Crippen MR) is 52.0 cm³/mol. The van der Waals surface area contributed by atoms with E-state index in [4.69, 9.17) is 0 Å². The highest BCUT2D eigenvalue weighted by molar-refractivity contribution is 5.06. The summed E-state index contributed by atoms with van der Waals surface area (Å²) in [4.78, 5) is 0. The molecule has 3 aliphatic carbocycles. The van der Waals surface area contributed by atoms with Crippen molar-refractivity contribution in [1.82, 2.24) is 5.32 Å². The Kier molecular flexibility index (Phi) is 1.76. The molecule has 0 amide bonds. The summed E-state index contributed by atoms with van der Waals surface area (Å²) in [5.74, 6) is 2.86. The van der Waals surface area contributed by atoms with Gasteiger partial charge in [0.2, 0.25) is 0 Å². The van der Waals surface area contributed by atoms with Gasteiger partial charge in [-0.25, -0.2) is 0 Å². The largest absolute Gasteiger partial charge is 0.317 e. The third kappa shape index (κ3) is 0.891. The van der Waals surface area contributed by atoms with Crippen LogP contribution in [0.1, 0.15) is 33.6 Å². The zero-order valence-corrected chi connectivity index (χ0v) is 8.72. The van der Waals surface area contributed by atoms with Gasteiger partial charge in [-0.05, 0) is 43.1 Å². The van der Waals surface area contributed by atoms with E-state index < -0.39 is 0 Å². The minimum atomic E-state index is 0.646. The lowest BCUT2D eigenvalue weighted by Crippen LogP contribution is -2.59. The standard InChI is InChI=1S/C11H21N/c1-7-9-5-8(11(9,2)3)6-10(7)12-4/h7-10,12H,5-6H2,1-4H3/t7-,8-,9-,10+/m0/s1. The molecule has 0 spiro atoms. The monoisotopic (exact) mass is 167 g/mol. The quantitative estimate of drug-likeness (QED) is 0.632. The van der Waals surface area contributed by atoms with Crippen molar-refractivity contribution >= 4 is 0 Å². The summed E-state index contributed by atoms with van der Waals surface area (Å²) in [5.41, 5.74) is 0.646. The lowest BCUT2D eigenvalue weighted by atomic mass is 9.45. The predicted octanol–water partition coefficient (Wildman–Crippen LogP) is 2.28. The molecule has 1 N–H and O–H groups in total. The average molecular weight is 167 g/mol. The lowest BCUT2D eigenvalue weighted by molar-refractivity contribution is -0.113. The van der Waals surface area contributed by atoms with Gasteiger partial charge in [-0.3, -0.25) is 0 Å². The molecule has 1 heteroatoms. The van der Waals surface area contributed by atoms with Gasteiger partial charge >= 0.3 is 0 Å². The van der Waals surface area contributed by atoms with Gasteiger partial charge in [0, 0.05) is 6.04 Å². The molecule has 12 heavy (non-hydrogen) atoms. The summed E-state index contributed by atoms with van der Waals surface area (Å²) in [6, 6.07) is 0.793. The van der Waals surface area contributed by atoms with Gasteiger partial charge in [0.1, 0.15) is 0 Å². The smallest absolute Gasteiger partial charge is 0.00953 e.